The van der Waals surface area contributed by atoms with Gasteiger partial charge in [-0.1, -0.05) is 44.7 Å². The van der Waals surface area contributed by atoms with E-state index in [0.29, 0.717) is 29.9 Å². The molecular formula is C22H30N6O2S. The quantitative estimate of drug-likeness (QED) is 0.345. The number of fused-ring (bicyclic) bond motifs is 1. The molecule has 0 aliphatic rings. The van der Waals surface area contributed by atoms with Crippen LogP contribution in [0.15, 0.2) is 35.6 Å². The molecule has 0 spiro atoms. The fourth-order valence-electron chi connectivity index (χ4n) is 3.02. The maximum atomic E-state index is 12.2. The van der Waals surface area contributed by atoms with Crippen molar-refractivity contribution in [2.75, 3.05) is 31.3 Å². The number of nitrogens with zero attached hydrogens (tertiary/aromatic N) is 4. The van der Waals surface area contributed by atoms with Crippen LogP contribution in [0.1, 0.15) is 38.7 Å². The molecule has 0 aliphatic carbocycles. The highest BCUT2D eigenvalue weighted by Crippen LogP contribution is 2.23. The summed E-state index contributed by atoms with van der Waals surface area (Å²) in [5.41, 5.74) is 2.00. The molecule has 0 saturated carbocycles. The van der Waals surface area contributed by atoms with E-state index in [4.69, 9.17) is 4.74 Å². The van der Waals surface area contributed by atoms with Crippen molar-refractivity contribution in [2.24, 2.45) is 0 Å². The molecule has 8 nitrogen and oxygen atoms in total. The molecule has 0 fully saturated rings. The monoisotopic (exact) mass is 442 g/mol. The van der Waals surface area contributed by atoms with Gasteiger partial charge in [-0.15, -0.1) is 0 Å². The number of anilines is 1. The Labute approximate surface area is 187 Å². The third kappa shape index (κ3) is 6.10. The Kier molecular flexibility index (Phi) is 8.11. The van der Waals surface area contributed by atoms with Gasteiger partial charge < -0.3 is 15.4 Å². The van der Waals surface area contributed by atoms with Gasteiger partial charge in [0.25, 0.3) is 5.91 Å². The van der Waals surface area contributed by atoms with Crippen molar-refractivity contribution in [3.63, 3.8) is 0 Å². The normalized spacial score (nSPS) is 11.1. The van der Waals surface area contributed by atoms with E-state index < -0.39 is 0 Å². The first-order chi connectivity index (χ1) is 15.0. The average Bonchev–Trinajstić information content (AvgIpc) is 3.19. The standard InChI is InChI=1S/C22H30N6O2S/c1-5-10-24-20-18-13-25-28(21(18)27-22(26-20)31-4)12-11-23-19(29)14-30-17-8-6-16(7-9-17)15(2)3/h6-9,13,15H,5,10-12,14H2,1-4H3,(H,23,29)(H,24,26,27). The van der Waals surface area contributed by atoms with Gasteiger partial charge in [-0.25, -0.2) is 14.6 Å². The van der Waals surface area contributed by atoms with Gasteiger partial charge in [0.05, 0.1) is 18.1 Å². The summed E-state index contributed by atoms with van der Waals surface area (Å²) in [7, 11) is 0. The topological polar surface area (TPSA) is 94.0 Å². The van der Waals surface area contributed by atoms with Crippen molar-refractivity contribution in [1.82, 2.24) is 25.1 Å². The van der Waals surface area contributed by atoms with Crippen LogP contribution in [0.25, 0.3) is 11.0 Å². The van der Waals surface area contributed by atoms with Crippen molar-refractivity contribution in [3.05, 3.63) is 36.0 Å². The Morgan fingerprint density at radius 1 is 1.19 bits per heavy atom. The third-order valence-electron chi connectivity index (χ3n) is 4.76. The van der Waals surface area contributed by atoms with Gasteiger partial charge in [-0.2, -0.15) is 5.10 Å². The van der Waals surface area contributed by atoms with Gasteiger partial charge in [-0.05, 0) is 36.3 Å². The molecule has 1 amide bonds. The summed E-state index contributed by atoms with van der Waals surface area (Å²) in [6, 6.07) is 7.83. The Balaban J connectivity index is 1.54. The average molecular weight is 443 g/mol. The van der Waals surface area contributed by atoms with Gasteiger partial charge in [0.1, 0.15) is 11.6 Å². The highest BCUT2D eigenvalue weighted by Gasteiger charge is 2.13. The van der Waals surface area contributed by atoms with E-state index in [1.54, 1.807) is 10.9 Å². The molecule has 1 aromatic carbocycles. The smallest absolute Gasteiger partial charge is 0.258 e. The van der Waals surface area contributed by atoms with E-state index in [-0.39, 0.29) is 12.5 Å². The molecule has 0 radical (unpaired) electrons. The zero-order valence-corrected chi connectivity index (χ0v) is 19.3. The predicted octanol–water partition coefficient (Wildman–Crippen LogP) is 3.69. The number of thioether (sulfide) groups is 1. The van der Waals surface area contributed by atoms with Crippen molar-refractivity contribution in [3.8, 4) is 5.75 Å². The number of amides is 1. The first-order valence-electron chi connectivity index (χ1n) is 10.5. The zero-order valence-electron chi connectivity index (χ0n) is 18.5. The SMILES string of the molecule is CCCNc1nc(SC)nc2c1cnn2CCNC(=O)COc1ccc(C(C)C)cc1. The van der Waals surface area contributed by atoms with Crippen LogP contribution in [0, 0.1) is 0 Å². The van der Waals surface area contributed by atoms with E-state index in [1.807, 2.05) is 30.5 Å². The third-order valence-corrected chi connectivity index (χ3v) is 5.31. The Hall–Kier alpha value is -2.81. The van der Waals surface area contributed by atoms with Crippen molar-refractivity contribution in [2.45, 2.75) is 44.8 Å². The first-order valence-corrected chi connectivity index (χ1v) is 11.7. The minimum absolute atomic E-state index is 0.0231. The summed E-state index contributed by atoms with van der Waals surface area (Å²) in [5, 5.41) is 12.2. The highest BCUT2D eigenvalue weighted by molar-refractivity contribution is 7.98. The molecular weight excluding hydrogens is 412 g/mol. The molecule has 2 N–H and O–H groups in total. The number of benzene rings is 1. The number of hydrogen-bond donors (Lipinski definition) is 2. The van der Waals surface area contributed by atoms with Crippen LogP contribution in [0.5, 0.6) is 5.75 Å². The summed E-state index contributed by atoms with van der Waals surface area (Å²) in [5.74, 6) is 1.77. The molecule has 9 heteroatoms. The lowest BCUT2D eigenvalue weighted by Crippen LogP contribution is -2.31. The van der Waals surface area contributed by atoms with Crippen LogP contribution in [0.4, 0.5) is 5.82 Å². The van der Waals surface area contributed by atoms with Crippen LogP contribution >= 0.6 is 11.8 Å². The summed E-state index contributed by atoms with van der Waals surface area (Å²) >= 11 is 1.49. The number of carbonyl (C=O) groups excluding carboxylic acids is 1. The van der Waals surface area contributed by atoms with Gasteiger partial charge in [-0.3, -0.25) is 4.79 Å². The Bertz CT molecular complexity index is 1000. The van der Waals surface area contributed by atoms with Crippen LogP contribution < -0.4 is 15.4 Å². The fourth-order valence-corrected chi connectivity index (χ4v) is 3.38. The molecule has 0 aliphatic heterocycles. The lowest BCUT2D eigenvalue weighted by molar-refractivity contribution is -0.123. The van der Waals surface area contributed by atoms with E-state index >= 15 is 0 Å². The molecule has 0 atom stereocenters. The van der Waals surface area contributed by atoms with Crippen LogP contribution in [0.2, 0.25) is 0 Å². The molecule has 0 bridgehead atoms. The lowest BCUT2D eigenvalue weighted by Gasteiger charge is -2.10. The van der Waals surface area contributed by atoms with E-state index in [0.717, 1.165) is 29.8 Å². The molecule has 0 saturated heterocycles. The summed E-state index contributed by atoms with van der Waals surface area (Å²) in [6.07, 6.45) is 4.72. The Morgan fingerprint density at radius 3 is 2.65 bits per heavy atom. The van der Waals surface area contributed by atoms with Crippen molar-refractivity contribution < 1.29 is 9.53 Å². The second-order valence-corrected chi connectivity index (χ2v) is 8.23. The highest BCUT2D eigenvalue weighted by atomic mass is 32.2. The largest absolute Gasteiger partial charge is 0.484 e. The predicted molar refractivity (Wildman–Crippen MR) is 125 cm³/mol. The van der Waals surface area contributed by atoms with Gasteiger partial charge >= 0.3 is 0 Å². The van der Waals surface area contributed by atoms with Crippen LogP contribution in [-0.2, 0) is 11.3 Å². The number of aromatic nitrogens is 4. The van der Waals surface area contributed by atoms with E-state index in [9.17, 15) is 4.79 Å². The maximum Gasteiger partial charge on any atom is 0.258 e. The first kappa shape index (κ1) is 22.9. The maximum absolute atomic E-state index is 12.2. The van der Waals surface area contributed by atoms with Gasteiger partial charge in [0.15, 0.2) is 17.4 Å². The molecule has 3 aromatic rings. The second kappa shape index (κ2) is 11.0. The second-order valence-electron chi connectivity index (χ2n) is 7.45. The summed E-state index contributed by atoms with van der Waals surface area (Å²) in [4.78, 5) is 21.3. The number of ether oxygens (including phenoxy) is 1. The Morgan fingerprint density at radius 2 is 1.97 bits per heavy atom. The van der Waals surface area contributed by atoms with E-state index in [1.165, 1.54) is 17.3 Å². The zero-order chi connectivity index (χ0) is 22.2. The minimum atomic E-state index is -0.172. The number of carbonyl (C=O) groups is 1. The molecule has 2 aromatic heterocycles. The van der Waals surface area contributed by atoms with Crippen molar-refractivity contribution in [1.29, 1.82) is 0 Å². The number of hydrogen-bond acceptors (Lipinski definition) is 7. The molecule has 0 unspecified atom stereocenters. The van der Waals surface area contributed by atoms with Gasteiger partial charge in [0, 0.05) is 13.1 Å². The minimum Gasteiger partial charge on any atom is -0.484 e. The van der Waals surface area contributed by atoms with Gasteiger partial charge in [0.2, 0.25) is 0 Å². The van der Waals surface area contributed by atoms with E-state index in [2.05, 4.69) is 46.5 Å². The molecule has 166 valence electrons. The number of nitrogens with one attached hydrogen (secondary N) is 2. The molecule has 2 heterocycles. The van der Waals surface area contributed by atoms with Crippen LogP contribution in [-0.4, -0.2) is 51.6 Å². The van der Waals surface area contributed by atoms with Crippen molar-refractivity contribution >= 4 is 34.5 Å². The molecule has 3 rings (SSSR count). The summed E-state index contributed by atoms with van der Waals surface area (Å²) in [6.45, 7) is 8.15. The number of rotatable bonds is 11. The van der Waals surface area contributed by atoms with Crippen LogP contribution in [0.3, 0.4) is 0 Å². The molecule has 31 heavy (non-hydrogen) atoms. The lowest BCUT2D eigenvalue weighted by atomic mass is 10.0. The summed E-state index contributed by atoms with van der Waals surface area (Å²) < 4.78 is 7.37. The fraction of sp³-hybridized carbons (Fsp3) is 0.455.